The van der Waals surface area contributed by atoms with Crippen LogP contribution in [0.4, 0.5) is 13.2 Å². The van der Waals surface area contributed by atoms with Crippen LogP contribution < -0.4 is 4.74 Å². The summed E-state index contributed by atoms with van der Waals surface area (Å²) in [6, 6.07) is 11.2. The van der Waals surface area contributed by atoms with Gasteiger partial charge < -0.3 is 9.84 Å². The summed E-state index contributed by atoms with van der Waals surface area (Å²) in [6.45, 7) is 2.28. The smallest absolute Gasteiger partial charge is 0.416 e. The minimum Gasteiger partial charge on any atom is -0.489 e. The van der Waals surface area contributed by atoms with E-state index in [1.165, 1.54) is 12.1 Å². The first-order valence-electron chi connectivity index (χ1n) is 9.67. The Morgan fingerprint density at radius 3 is 2.53 bits per heavy atom. The molecule has 0 heterocycles. The number of aliphatic carboxylic acids is 1. The van der Waals surface area contributed by atoms with E-state index in [0.29, 0.717) is 5.02 Å². The van der Waals surface area contributed by atoms with E-state index < -0.39 is 17.7 Å². The van der Waals surface area contributed by atoms with Gasteiger partial charge in [0.1, 0.15) is 12.4 Å². The summed E-state index contributed by atoms with van der Waals surface area (Å²) in [5.41, 5.74) is 2.36. The number of aryl methyl sites for hydroxylation is 1. The van der Waals surface area contributed by atoms with Gasteiger partial charge in [0.05, 0.1) is 5.56 Å². The van der Waals surface area contributed by atoms with Crippen LogP contribution >= 0.6 is 11.6 Å². The Balaban J connectivity index is 1.82. The Morgan fingerprint density at radius 1 is 1.20 bits per heavy atom. The fraction of sp³-hybridized carbons (Fsp3) is 0.348. The molecular formula is C23H22ClF3O3. The summed E-state index contributed by atoms with van der Waals surface area (Å²) >= 11 is 5.96. The largest absolute Gasteiger partial charge is 0.489 e. The van der Waals surface area contributed by atoms with Gasteiger partial charge in [-0.05, 0) is 71.7 Å². The molecule has 1 atom stereocenters. The molecule has 0 radical (unpaired) electrons. The summed E-state index contributed by atoms with van der Waals surface area (Å²) in [4.78, 5) is 10.7. The van der Waals surface area contributed by atoms with Gasteiger partial charge in [0.2, 0.25) is 0 Å². The molecule has 3 nitrogen and oxygen atoms in total. The van der Waals surface area contributed by atoms with Crippen LogP contribution in [0.5, 0.6) is 5.75 Å². The second kappa shape index (κ2) is 9.13. The quantitative estimate of drug-likeness (QED) is 0.527. The van der Waals surface area contributed by atoms with Gasteiger partial charge in [0.25, 0.3) is 0 Å². The molecular weight excluding hydrogens is 417 g/mol. The van der Waals surface area contributed by atoms with E-state index in [1.54, 1.807) is 0 Å². The molecule has 1 unspecified atom stereocenters. The van der Waals surface area contributed by atoms with Gasteiger partial charge in [-0.25, -0.2) is 0 Å². The first-order valence-corrected chi connectivity index (χ1v) is 10.1. The summed E-state index contributed by atoms with van der Waals surface area (Å²) in [6.07, 6.45) is -3.30. The first-order chi connectivity index (χ1) is 14.1. The number of carboxylic acids is 1. The molecule has 0 amide bonds. The fourth-order valence-electron chi connectivity index (χ4n) is 3.73. The molecule has 160 valence electrons. The van der Waals surface area contributed by atoms with Crippen molar-refractivity contribution in [3.8, 4) is 5.75 Å². The highest BCUT2D eigenvalue weighted by Gasteiger charge is 2.34. The Morgan fingerprint density at radius 2 is 1.90 bits per heavy atom. The molecule has 0 spiro atoms. The molecule has 0 aliphatic heterocycles. The standard InChI is InChI=1S/C23H22ClF3O3/c1-14-2-10-19(15-3-7-17(24)8-4-15)20(14)13-30-18-9-5-16(6-11-22(28)29)21(12-18)23(25,26)27/h3-5,7-9,12,14H,2,6,10-11,13H2,1H3,(H,28,29). The molecule has 0 saturated heterocycles. The average Bonchev–Trinajstić information content (AvgIpc) is 3.05. The van der Waals surface area contributed by atoms with Crippen LogP contribution in [0.15, 0.2) is 48.0 Å². The molecule has 1 aliphatic rings. The number of carboxylic acid groups (broad SMARTS) is 1. The highest BCUT2D eigenvalue weighted by Crippen LogP contribution is 2.39. The van der Waals surface area contributed by atoms with Gasteiger partial charge in [-0.1, -0.05) is 36.7 Å². The van der Waals surface area contributed by atoms with Crippen LogP contribution in [0.25, 0.3) is 5.57 Å². The number of hydrogen-bond donors (Lipinski definition) is 1. The van der Waals surface area contributed by atoms with E-state index in [0.717, 1.165) is 35.6 Å². The molecule has 1 aliphatic carbocycles. The highest BCUT2D eigenvalue weighted by molar-refractivity contribution is 6.30. The second-order valence-electron chi connectivity index (χ2n) is 7.45. The van der Waals surface area contributed by atoms with Gasteiger partial charge in [-0.3, -0.25) is 4.79 Å². The van der Waals surface area contributed by atoms with Crippen molar-refractivity contribution in [2.24, 2.45) is 5.92 Å². The molecule has 7 heteroatoms. The molecule has 0 bridgehead atoms. The third-order valence-electron chi connectivity index (χ3n) is 5.39. The molecule has 2 aromatic rings. The average molecular weight is 439 g/mol. The molecule has 0 fully saturated rings. The van der Waals surface area contributed by atoms with Crippen molar-refractivity contribution < 1.29 is 27.8 Å². The van der Waals surface area contributed by atoms with Crippen molar-refractivity contribution in [2.75, 3.05) is 6.61 Å². The SMILES string of the molecule is CC1CCC(c2ccc(Cl)cc2)=C1COc1ccc(CCC(=O)O)c(C(F)(F)F)c1. The fourth-order valence-corrected chi connectivity index (χ4v) is 3.86. The van der Waals surface area contributed by atoms with Gasteiger partial charge in [-0.15, -0.1) is 0 Å². The van der Waals surface area contributed by atoms with Crippen LogP contribution in [0.1, 0.15) is 42.9 Å². The lowest BCUT2D eigenvalue weighted by Gasteiger charge is -2.17. The first kappa shape index (κ1) is 22.2. The van der Waals surface area contributed by atoms with E-state index in [-0.39, 0.29) is 36.7 Å². The maximum atomic E-state index is 13.4. The summed E-state index contributed by atoms with van der Waals surface area (Å²) in [5.74, 6) is -0.753. The van der Waals surface area contributed by atoms with Crippen LogP contribution in [0.3, 0.4) is 0 Å². The Labute approximate surface area is 178 Å². The minimum atomic E-state index is -4.58. The van der Waals surface area contributed by atoms with Crippen molar-refractivity contribution in [1.29, 1.82) is 0 Å². The predicted molar refractivity (Wildman–Crippen MR) is 110 cm³/mol. The van der Waals surface area contributed by atoms with Crippen molar-refractivity contribution in [2.45, 2.75) is 38.8 Å². The zero-order valence-electron chi connectivity index (χ0n) is 16.4. The molecule has 3 rings (SSSR count). The molecule has 30 heavy (non-hydrogen) atoms. The number of benzene rings is 2. The number of alkyl halides is 3. The van der Waals surface area contributed by atoms with Crippen LogP contribution in [0.2, 0.25) is 5.02 Å². The molecule has 1 N–H and O–H groups in total. The van der Waals surface area contributed by atoms with Crippen LogP contribution in [-0.4, -0.2) is 17.7 Å². The predicted octanol–water partition coefficient (Wildman–Crippen LogP) is 6.64. The van der Waals surface area contributed by atoms with Crippen LogP contribution in [0, 0.1) is 5.92 Å². The van der Waals surface area contributed by atoms with E-state index in [1.807, 2.05) is 24.3 Å². The number of ether oxygens (including phenoxy) is 1. The zero-order chi connectivity index (χ0) is 21.9. The van der Waals surface area contributed by atoms with E-state index >= 15 is 0 Å². The summed E-state index contributed by atoms with van der Waals surface area (Å²) < 4.78 is 46.1. The second-order valence-corrected chi connectivity index (χ2v) is 7.89. The zero-order valence-corrected chi connectivity index (χ0v) is 17.2. The molecule has 0 saturated carbocycles. The van der Waals surface area contributed by atoms with Gasteiger partial charge >= 0.3 is 12.1 Å². The Bertz CT molecular complexity index is 949. The lowest BCUT2D eigenvalue weighted by atomic mass is 9.99. The topological polar surface area (TPSA) is 46.5 Å². The summed E-state index contributed by atoms with van der Waals surface area (Å²) in [5, 5.41) is 9.41. The number of hydrogen-bond acceptors (Lipinski definition) is 2. The Kier molecular flexibility index (Phi) is 6.76. The van der Waals surface area contributed by atoms with Crippen LogP contribution in [-0.2, 0) is 17.4 Å². The number of carbonyl (C=O) groups is 1. The van der Waals surface area contributed by atoms with E-state index in [9.17, 15) is 18.0 Å². The summed E-state index contributed by atoms with van der Waals surface area (Å²) in [7, 11) is 0. The lowest BCUT2D eigenvalue weighted by molar-refractivity contribution is -0.140. The highest BCUT2D eigenvalue weighted by atomic mass is 35.5. The molecule has 2 aromatic carbocycles. The van der Waals surface area contributed by atoms with Gasteiger partial charge in [0.15, 0.2) is 0 Å². The number of allylic oxidation sites excluding steroid dienone is 1. The van der Waals surface area contributed by atoms with Crippen molar-refractivity contribution in [3.05, 3.63) is 69.8 Å². The number of rotatable bonds is 7. The van der Waals surface area contributed by atoms with E-state index in [2.05, 4.69) is 6.92 Å². The van der Waals surface area contributed by atoms with Crippen molar-refractivity contribution in [3.63, 3.8) is 0 Å². The van der Waals surface area contributed by atoms with Gasteiger partial charge in [-0.2, -0.15) is 13.2 Å². The van der Waals surface area contributed by atoms with E-state index in [4.69, 9.17) is 21.4 Å². The normalized spacial score (nSPS) is 16.8. The third-order valence-corrected chi connectivity index (χ3v) is 5.64. The van der Waals surface area contributed by atoms with Crippen molar-refractivity contribution in [1.82, 2.24) is 0 Å². The molecule has 0 aromatic heterocycles. The maximum absolute atomic E-state index is 13.4. The number of halogens is 4. The van der Waals surface area contributed by atoms with Crippen molar-refractivity contribution >= 4 is 23.1 Å². The third kappa shape index (κ3) is 5.36. The Hall–Kier alpha value is -2.47. The minimum absolute atomic E-state index is 0.0486. The lowest BCUT2D eigenvalue weighted by Crippen LogP contribution is -2.12. The van der Waals surface area contributed by atoms with Gasteiger partial charge in [0, 0.05) is 11.4 Å². The monoisotopic (exact) mass is 438 g/mol. The maximum Gasteiger partial charge on any atom is 0.416 e.